The summed E-state index contributed by atoms with van der Waals surface area (Å²) < 4.78 is 2.87. The molecular formula is C14H17N5O3S. The number of nitrogens with zero attached hydrogens (tertiary/aromatic N) is 5. The molecule has 2 N–H and O–H groups in total. The summed E-state index contributed by atoms with van der Waals surface area (Å²) in [6.45, 7) is 2.63. The zero-order valence-corrected chi connectivity index (χ0v) is 13.8. The monoisotopic (exact) mass is 335 g/mol. The van der Waals surface area contributed by atoms with Gasteiger partial charge in [0.2, 0.25) is 5.16 Å². The second kappa shape index (κ2) is 5.59. The van der Waals surface area contributed by atoms with Gasteiger partial charge in [-0.25, -0.2) is 4.98 Å². The number of hydrogen-bond donors (Lipinski definition) is 2. The summed E-state index contributed by atoms with van der Waals surface area (Å²) in [5.74, 6) is 0.434. The van der Waals surface area contributed by atoms with Crippen LogP contribution in [0.3, 0.4) is 0 Å². The first-order valence-electron chi connectivity index (χ1n) is 7.00. The van der Waals surface area contributed by atoms with Crippen molar-refractivity contribution in [1.29, 1.82) is 0 Å². The van der Waals surface area contributed by atoms with Gasteiger partial charge in [-0.05, 0) is 26.2 Å². The van der Waals surface area contributed by atoms with Gasteiger partial charge in [-0.3, -0.25) is 4.79 Å². The van der Waals surface area contributed by atoms with E-state index in [9.17, 15) is 15.0 Å². The first-order valence-corrected chi connectivity index (χ1v) is 8.22. The topological polar surface area (TPSA) is 106 Å². The van der Waals surface area contributed by atoms with Gasteiger partial charge in [0.1, 0.15) is 0 Å². The van der Waals surface area contributed by atoms with Gasteiger partial charge in [0, 0.05) is 6.20 Å². The van der Waals surface area contributed by atoms with Crippen LogP contribution >= 0.6 is 11.8 Å². The van der Waals surface area contributed by atoms with Crippen molar-refractivity contribution < 1.29 is 10.2 Å². The molecule has 0 aliphatic carbocycles. The Labute approximate surface area is 135 Å². The second-order valence-electron chi connectivity index (χ2n) is 5.57. The molecule has 3 heterocycles. The molecule has 3 aromatic rings. The predicted molar refractivity (Wildman–Crippen MR) is 86.9 cm³/mol. The van der Waals surface area contributed by atoms with E-state index in [1.807, 2.05) is 6.26 Å². The lowest BCUT2D eigenvalue weighted by molar-refractivity contribution is 0.0755. The predicted octanol–water partition coefficient (Wildman–Crippen LogP) is 0.169. The van der Waals surface area contributed by atoms with Crippen LogP contribution in [0.4, 0.5) is 0 Å². The van der Waals surface area contributed by atoms with E-state index in [2.05, 4.69) is 15.1 Å². The third-order valence-electron chi connectivity index (χ3n) is 3.94. The molecule has 0 radical (unpaired) electrons. The Morgan fingerprint density at radius 2 is 2.00 bits per heavy atom. The van der Waals surface area contributed by atoms with E-state index in [0.717, 1.165) is 0 Å². The minimum atomic E-state index is -1.08. The molecule has 122 valence electrons. The fourth-order valence-electron chi connectivity index (χ4n) is 2.48. The Hall–Kier alpha value is -1.97. The fraction of sp³-hybridized carbons (Fsp3) is 0.429. The van der Waals surface area contributed by atoms with Crippen LogP contribution in [-0.2, 0) is 5.54 Å². The standard InChI is InChI=1S/C14H17N5O3S/c1-8-10-9(19-12(15-8)16-13(17-19)23-3)4-5-18(11(10)22)14(2,6-20)7-21/h4-5,20-21H,6-7H2,1-3H3. The molecular weight excluding hydrogens is 318 g/mol. The number of hydrogen-bond acceptors (Lipinski definition) is 7. The molecule has 0 aromatic carbocycles. The normalized spacial score (nSPS) is 12.4. The quantitative estimate of drug-likeness (QED) is 0.655. The van der Waals surface area contributed by atoms with Gasteiger partial charge in [-0.15, -0.1) is 5.10 Å². The average molecular weight is 335 g/mol. The SMILES string of the molecule is CSc1nc2nc(C)c3c(=O)n(C(C)(CO)CO)ccc3n2n1. The largest absolute Gasteiger partial charge is 0.394 e. The fourth-order valence-corrected chi connectivity index (χ4v) is 2.82. The van der Waals surface area contributed by atoms with E-state index in [4.69, 9.17) is 0 Å². The lowest BCUT2D eigenvalue weighted by Crippen LogP contribution is -2.44. The van der Waals surface area contributed by atoms with Crippen molar-refractivity contribution in [1.82, 2.24) is 24.1 Å². The Morgan fingerprint density at radius 1 is 1.30 bits per heavy atom. The zero-order chi connectivity index (χ0) is 16.8. The summed E-state index contributed by atoms with van der Waals surface area (Å²) >= 11 is 1.40. The van der Waals surface area contributed by atoms with E-state index >= 15 is 0 Å². The summed E-state index contributed by atoms with van der Waals surface area (Å²) in [7, 11) is 0. The van der Waals surface area contributed by atoms with E-state index in [1.54, 1.807) is 26.1 Å². The lowest BCUT2D eigenvalue weighted by Gasteiger charge is -2.27. The third-order valence-corrected chi connectivity index (χ3v) is 4.48. The third kappa shape index (κ3) is 2.32. The molecule has 8 nitrogen and oxygen atoms in total. The molecule has 0 atom stereocenters. The van der Waals surface area contributed by atoms with Crippen LogP contribution in [0.15, 0.2) is 22.2 Å². The summed E-state index contributed by atoms with van der Waals surface area (Å²) in [5.41, 5.74) is -0.287. The lowest BCUT2D eigenvalue weighted by atomic mass is 10.0. The van der Waals surface area contributed by atoms with Crippen LogP contribution in [0.5, 0.6) is 0 Å². The first-order chi connectivity index (χ1) is 10.9. The summed E-state index contributed by atoms with van der Waals surface area (Å²) in [6.07, 6.45) is 3.42. The van der Waals surface area contributed by atoms with Gasteiger partial charge in [0.25, 0.3) is 11.3 Å². The van der Waals surface area contributed by atoms with Crippen LogP contribution < -0.4 is 5.56 Å². The van der Waals surface area contributed by atoms with Gasteiger partial charge in [0.05, 0.1) is 35.3 Å². The maximum atomic E-state index is 12.9. The zero-order valence-electron chi connectivity index (χ0n) is 13.0. The van der Waals surface area contributed by atoms with Crippen molar-refractivity contribution in [3.8, 4) is 0 Å². The highest BCUT2D eigenvalue weighted by Crippen LogP contribution is 2.19. The molecule has 0 aliphatic rings. The average Bonchev–Trinajstić information content (AvgIpc) is 2.97. The minimum absolute atomic E-state index is 0.332. The highest BCUT2D eigenvalue weighted by Gasteiger charge is 2.27. The molecule has 0 spiro atoms. The minimum Gasteiger partial charge on any atom is -0.394 e. The highest BCUT2D eigenvalue weighted by molar-refractivity contribution is 7.98. The Bertz CT molecular complexity index is 945. The number of fused-ring (bicyclic) bond motifs is 3. The molecule has 0 saturated carbocycles. The van der Waals surface area contributed by atoms with Gasteiger partial charge in [-0.1, -0.05) is 11.8 Å². The molecule has 0 amide bonds. The molecule has 0 aliphatic heterocycles. The van der Waals surface area contributed by atoms with E-state index < -0.39 is 5.54 Å². The molecule has 0 saturated heterocycles. The van der Waals surface area contributed by atoms with Crippen molar-refractivity contribution in [2.75, 3.05) is 19.5 Å². The number of aryl methyl sites for hydroxylation is 1. The summed E-state index contributed by atoms with van der Waals surface area (Å²) in [6, 6.07) is 1.72. The molecule has 23 heavy (non-hydrogen) atoms. The van der Waals surface area contributed by atoms with Crippen LogP contribution in [0, 0.1) is 6.92 Å². The van der Waals surface area contributed by atoms with Crippen LogP contribution in [0.1, 0.15) is 12.6 Å². The Balaban J connectivity index is 2.40. The van der Waals surface area contributed by atoms with Gasteiger partial charge >= 0.3 is 0 Å². The highest BCUT2D eigenvalue weighted by atomic mass is 32.2. The molecule has 0 unspecified atom stereocenters. The van der Waals surface area contributed by atoms with Crippen molar-refractivity contribution in [2.24, 2.45) is 0 Å². The van der Waals surface area contributed by atoms with Crippen molar-refractivity contribution in [2.45, 2.75) is 24.5 Å². The number of pyridine rings is 1. The van der Waals surface area contributed by atoms with E-state index in [1.165, 1.54) is 20.8 Å². The first kappa shape index (κ1) is 15.9. The van der Waals surface area contributed by atoms with Gasteiger partial charge < -0.3 is 14.8 Å². The molecule has 3 rings (SSSR count). The van der Waals surface area contributed by atoms with Crippen molar-refractivity contribution >= 4 is 28.4 Å². The molecule has 0 fully saturated rings. The number of thioether (sulfide) groups is 1. The number of aliphatic hydroxyl groups is 2. The maximum Gasteiger partial charge on any atom is 0.262 e. The van der Waals surface area contributed by atoms with E-state index in [0.29, 0.717) is 27.5 Å². The number of aliphatic hydroxyl groups excluding tert-OH is 2. The van der Waals surface area contributed by atoms with Crippen molar-refractivity contribution in [3.05, 3.63) is 28.3 Å². The van der Waals surface area contributed by atoms with Gasteiger partial charge in [0.15, 0.2) is 0 Å². The molecule has 0 bridgehead atoms. The Morgan fingerprint density at radius 3 is 2.61 bits per heavy atom. The molecule has 3 aromatic heterocycles. The summed E-state index contributed by atoms with van der Waals surface area (Å²) in [5, 5.41) is 24.4. The van der Waals surface area contributed by atoms with Crippen LogP contribution in [0.25, 0.3) is 16.7 Å². The summed E-state index contributed by atoms with van der Waals surface area (Å²) in [4.78, 5) is 21.5. The van der Waals surface area contributed by atoms with Gasteiger partial charge in [-0.2, -0.15) is 9.50 Å². The van der Waals surface area contributed by atoms with E-state index in [-0.39, 0.29) is 18.8 Å². The Kier molecular flexibility index (Phi) is 3.86. The maximum absolute atomic E-state index is 12.9. The smallest absolute Gasteiger partial charge is 0.262 e. The molecule has 9 heteroatoms. The number of aromatic nitrogens is 5. The second-order valence-corrected chi connectivity index (χ2v) is 6.35. The van der Waals surface area contributed by atoms with Crippen molar-refractivity contribution in [3.63, 3.8) is 0 Å². The number of rotatable bonds is 4. The van der Waals surface area contributed by atoms with Crippen LogP contribution in [-0.4, -0.2) is 53.8 Å². The van der Waals surface area contributed by atoms with Crippen LogP contribution in [0.2, 0.25) is 0 Å².